The van der Waals surface area contributed by atoms with Crippen molar-refractivity contribution in [3.05, 3.63) is 60.4 Å². The number of benzene rings is 2. The van der Waals surface area contributed by atoms with Gasteiger partial charge in [-0.25, -0.2) is 14.4 Å². The first kappa shape index (κ1) is 22.6. The summed E-state index contributed by atoms with van der Waals surface area (Å²) in [4.78, 5) is 8.43. The van der Waals surface area contributed by atoms with Crippen LogP contribution in [0.5, 0.6) is 11.5 Å². The number of ether oxygens (including phenoxy) is 3. The molecule has 3 rings (SSSR count). The molecule has 31 heavy (non-hydrogen) atoms. The Morgan fingerprint density at radius 2 is 1.55 bits per heavy atom. The standard InChI is InChI=1S/C24H26F2N2O3/c1-3-4-5-6-13-30-21-12-11-20(22(25)23(21)26)24-27-14-18(15-28-24)17-7-9-19(10-8-17)31-16-29-2/h7-12,14-15H,3-6,13,16H2,1-2H3. The van der Waals surface area contributed by atoms with Gasteiger partial charge in [0, 0.05) is 25.1 Å². The SMILES string of the molecule is CCCCCCOc1ccc(-c2ncc(-c3ccc(OCOC)cc3)cn2)c(F)c1F. The number of nitrogens with zero attached hydrogens (tertiary/aromatic N) is 2. The highest BCUT2D eigenvalue weighted by molar-refractivity contribution is 5.65. The van der Waals surface area contributed by atoms with E-state index in [1.165, 1.54) is 12.1 Å². The van der Waals surface area contributed by atoms with Crippen LogP contribution in [0.1, 0.15) is 32.6 Å². The van der Waals surface area contributed by atoms with Gasteiger partial charge in [0.1, 0.15) is 5.75 Å². The third-order valence-corrected chi connectivity index (χ3v) is 4.73. The molecule has 0 fully saturated rings. The van der Waals surface area contributed by atoms with E-state index >= 15 is 0 Å². The molecule has 0 aliphatic carbocycles. The number of rotatable bonds is 11. The van der Waals surface area contributed by atoms with Gasteiger partial charge in [-0.15, -0.1) is 0 Å². The highest BCUT2D eigenvalue weighted by Crippen LogP contribution is 2.29. The van der Waals surface area contributed by atoms with E-state index in [0.717, 1.165) is 36.8 Å². The van der Waals surface area contributed by atoms with Gasteiger partial charge in [-0.05, 0) is 36.2 Å². The van der Waals surface area contributed by atoms with E-state index in [1.807, 2.05) is 12.1 Å². The number of unbranched alkanes of at least 4 members (excludes halogenated alkanes) is 3. The van der Waals surface area contributed by atoms with Gasteiger partial charge in [0.15, 0.2) is 24.2 Å². The van der Waals surface area contributed by atoms with Gasteiger partial charge < -0.3 is 14.2 Å². The molecule has 0 atom stereocenters. The Hall–Kier alpha value is -3.06. The lowest BCUT2D eigenvalue weighted by molar-refractivity contribution is 0.0511. The maximum atomic E-state index is 14.6. The number of halogens is 2. The lowest BCUT2D eigenvalue weighted by Gasteiger charge is -2.10. The Kier molecular flexibility index (Phi) is 8.29. The topological polar surface area (TPSA) is 53.5 Å². The number of hydrogen-bond acceptors (Lipinski definition) is 5. The zero-order chi connectivity index (χ0) is 22.1. The van der Waals surface area contributed by atoms with Gasteiger partial charge in [0.05, 0.1) is 12.2 Å². The number of aromatic nitrogens is 2. The maximum Gasteiger partial charge on any atom is 0.201 e. The molecule has 0 spiro atoms. The van der Waals surface area contributed by atoms with E-state index < -0.39 is 11.6 Å². The smallest absolute Gasteiger partial charge is 0.201 e. The second-order valence-corrected chi connectivity index (χ2v) is 7.02. The van der Waals surface area contributed by atoms with Gasteiger partial charge in [-0.2, -0.15) is 4.39 Å². The first-order valence-corrected chi connectivity index (χ1v) is 10.3. The predicted octanol–water partition coefficient (Wildman–Crippen LogP) is 6.03. The Morgan fingerprint density at radius 3 is 2.23 bits per heavy atom. The minimum absolute atomic E-state index is 0.00861. The van der Waals surface area contributed by atoms with Crippen LogP contribution < -0.4 is 9.47 Å². The van der Waals surface area contributed by atoms with Crippen LogP contribution in [0.15, 0.2) is 48.8 Å². The first-order chi connectivity index (χ1) is 15.1. The molecule has 1 heterocycles. The van der Waals surface area contributed by atoms with Crippen molar-refractivity contribution in [3.8, 4) is 34.0 Å². The zero-order valence-electron chi connectivity index (χ0n) is 17.7. The predicted molar refractivity (Wildman–Crippen MR) is 115 cm³/mol. The highest BCUT2D eigenvalue weighted by atomic mass is 19.2. The molecule has 0 aliphatic rings. The Balaban J connectivity index is 1.69. The van der Waals surface area contributed by atoms with Gasteiger partial charge in [0.25, 0.3) is 0 Å². The Bertz CT molecular complexity index is 964. The molecular formula is C24H26F2N2O3. The van der Waals surface area contributed by atoms with Gasteiger partial charge in [-0.1, -0.05) is 38.3 Å². The molecule has 0 N–H and O–H groups in total. The van der Waals surface area contributed by atoms with Crippen molar-refractivity contribution in [2.75, 3.05) is 20.5 Å². The lowest BCUT2D eigenvalue weighted by atomic mass is 10.1. The normalized spacial score (nSPS) is 10.8. The van der Waals surface area contributed by atoms with Crippen molar-refractivity contribution in [1.29, 1.82) is 0 Å². The minimum Gasteiger partial charge on any atom is -0.490 e. The van der Waals surface area contributed by atoms with Crippen molar-refractivity contribution in [3.63, 3.8) is 0 Å². The van der Waals surface area contributed by atoms with Crippen LogP contribution >= 0.6 is 0 Å². The average molecular weight is 428 g/mol. The molecule has 0 amide bonds. The molecule has 0 saturated carbocycles. The quantitative estimate of drug-likeness (QED) is 0.276. The highest BCUT2D eigenvalue weighted by Gasteiger charge is 2.17. The molecule has 3 aromatic rings. The molecule has 5 nitrogen and oxygen atoms in total. The fraction of sp³-hybridized carbons (Fsp3) is 0.333. The molecule has 0 radical (unpaired) electrons. The summed E-state index contributed by atoms with van der Waals surface area (Å²) in [6, 6.07) is 10.2. The van der Waals surface area contributed by atoms with E-state index in [0.29, 0.717) is 12.4 Å². The fourth-order valence-electron chi connectivity index (χ4n) is 3.01. The first-order valence-electron chi connectivity index (χ1n) is 10.3. The maximum absolute atomic E-state index is 14.6. The molecule has 1 aromatic heterocycles. The molecule has 2 aromatic carbocycles. The van der Waals surface area contributed by atoms with Crippen molar-refractivity contribution in [2.45, 2.75) is 32.6 Å². The van der Waals surface area contributed by atoms with Gasteiger partial charge >= 0.3 is 0 Å². The van der Waals surface area contributed by atoms with Crippen LogP contribution in [0, 0.1) is 11.6 Å². The van der Waals surface area contributed by atoms with E-state index in [-0.39, 0.29) is 23.9 Å². The van der Waals surface area contributed by atoms with Gasteiger partial charge in [0.2, 0.25) is 5.82 Å². The molecule has 0 bridgehead atoms. The second-order valence-electron chi connectivity index (χ2n) is 7.02. The summed E-state index contributed by atoms with van der Waals surface area (Å²) in [6.07, 6.45) is 7.15. The summed E-state index contributed by atoms with van der Waals surface area (Å²) in [6.45, 7) is 2.64. The third kappa shape index (κ3) is 5.98. The van der Waals surface area contributed by atoms with Crippen LogP contribution in [0.3, 0.4) is 0 Å². The van der Waals surface area contributed by atoms with Crippen LogP contribution in [0.4, 0.5) is 8.78 Å². The molecular weight excluding hydrogens is 402 g/mol. The summed E-state index contributed by atoms with van der Waals surface area (Å²) in [5.41, 5.74) is 1.61. The third-order valence-electron chi connectivity index (χ3n) is 4.73. The number of hydrogen-bond donors (Lipinski definition) is 0. The van der Waals surface area contributed by atoms with E-state index in [9.17, 15) is 8.78 Å². The fourth-order valence-corrected chi connectivity index (χ4v) is 3.01. The van der Waals surface area contributed by atoms with Crippen molar-refractivity contribution < 1.29 is 23.0 Å². The summed E-state index contributed by atoms with van der Waals surface area (Å²) < 4.78 is 44.6. The summed E-state index contributed by atoms with van der Waals surface area (Å²) >= 11 is 0. The molecule has 7 heteroatoms. The summed E-state index contributed by atoms with van der Waals surface area (Å²) in [7, 11) is 1.55. The Morgan fingerprint density at radius 1 is 0.806 bits per heavy atom. The molecule has 164 valence electrons. The summed E-state index contributed by atoms with van der Waals surface area (Å²) in [5, 5.41) is 0. The van der Waals surface area contributed by atoms with E-state index in [2.05, 4.69) is 16.9 Å². The average Bonchev–Trinajstić information content (AvgIpc) is 2.81. The van der Waals surface area contributed by atoms with Crippen molar-refractivity contribution >= 4 is 0 Å². The van der Waals surface area contributed by atoms with Crippen LogP contribution in [-0.2, 0) is 4.74 Å². The lowest BCUT2D eigenvalue weighted by Crippen LogP contribution is -2.02. The van der Waals surface area contributed by atoms with Crippen LogP contribution in [-0.4, -0.2) is 30.5 Å². The van der Waals surface area contributed by atoms with Crippen molar-refractivity contribution in [2.24, 2.45) is 0 Å². The van der Waals surface area contributed by atoms with E-state index in [1.54, 1.807) is 31.6 Å². The van der Waals surface area contributed by atoms with Crippen LogP contribution in [0.2, 0.25) is 0 Å². The molecule has 0 aliphatic heterocycles. The zero-order valence-corrected chi connectivity index (χ0v) is 17.7. The second kappa shape index (κ2) is 11.4. The van der Waals surface area contributed by atoms with Crippen molar-refractivity contribution in [1.82, 2.24) is 9.97 Å². The summed E-state index contributed by atoms with van der Waals surface area (Å²) in [5.74, 6) is -1.35. The Labute approximate surface area is 181 Å². The largest absolute Gasteiger partial charge is 0.490 e. The minimum atomic E-state index is -1.02. The van der Waals surface area contributed by atoms with Gasteiger partial charge in [-0.3, -0.25) is 0 Å². The number of methoxy groups -OCH3 is 1. The molecule has 0 saturated heterocycles. The molecule has 0 unspecified atom stereocenters. The van der Waals surface area contributed by atoms with Crippen LogP contribution in [0.25, 0.3) is 22.5 Å². The monoisotopic (exact) mass is 428 g/mol. The van der Waals surface area contributed by atoms with E-state index in [4.69, 9.17) is 14.2 Å².